The van der Waals surface area contributed by atoms with Crippen LogP contribution < -0.4 is 10.6 Å². The molecule has 0 aromatic carbocycles. The van der Waals surface area contributed by atoms with Gasteiger partial charge in [0.25, 0.3) is 0 Å². The Morgan fingerprint density at radius 1 is 1.07 bits per heavy atom. The molecule has 0 aromatic heterocycles. The average molecular weight is 198 g/mol. The third kappa shape index (κ3) is 3.01. The Hall–Kier alpha value is -1.06. The van der Waals surface area contributed by atoms with Gasteiger partial charge in [0.2, 0.25) is 12.8 Å². The second kappa shape index (κ2) is 4.44. The van der Waals surface area contributed by atoms with Crippen molar-refractivity contribution in [3.63, 3.8) is 0 Å². The first-order valence-electron chi connectivity index (χ1n) is 4.97. The monoisotopic (exact) mass is 198 g/mol. The maximum Gasteiger partial charge on any atom is 0.207 e. The van der Waals surface area contributed by atoms with E-state index in [4.69, 9.17) is 0 Å². The van der Waals surface area contributed by atoms with Gasteiger partial charge in [-0.1, -0.05) is 13.8 Å². The molecule has 2 amide bonds. The summed E-state index contributed by atoms with van der Waals surface area (Å²) in [6.45, 7) is 4.32. The molecule has 4 heteroatoms. The highest BCUT2D eigenvalue weighted by molar-refractivity contribution is 5.48. The molecule has 0 saturated heterocycles. The maximum absolute atomic E-state index is 10.3. The van der Waals surface area contributed by atoms with Crippen molar-refractivity contribution in [3.8, 4) is 0 Å². The number of carbonyl (C=O) groups is 2. The quantitative estimate of drug-likeness (QED) is 0.643. The molecule has 2 N–H and O–H groups in total. The van der Waals surface area contributed by atoms with Gasteiger partial charge in [-0.25, -0.2) is 0 Å². The van der Waals surface area contributed by atoms with Crippen LogP contribution >= 0.6 is 0 Å². The molecule has 4 nitrogen and oxygen atoms in total. The van der Waals surface area contributed by atoms with Crippen LogP contribution in [0.4, 0.5) is 0 Å². The fourth-order valence-corrected chi connectivity index (χ4v) is 2.37. The number of hydrogen-bond donors (Lipinski definition) is 2. The molecule has 1 rings (SSSR count). The highest BCUT2D eigenvalue weighted by Crippen LogP contribution is 2.35. The molecule has 0 bridgehead atoms. The topological polar surface area (TPSA) is 58.2 Å². The second-order valence-electron chi connectivity index (χ2n) is 4.77. The van der Waals surface area contributed by atoms with Crippen molar-refractivity contribution in [1.29, 1.82) is 0 Å². The summed E-state index contributed by atoms with van der Waals surface area (Å²) < 4.78 is 0. The summed E-state index contributed by atoms with van der Waals surface area (Å²) in [6, 6.07) is 0.377. The second-order valence-corrected chi connectivity index (χ2v) is 4.77. The van der Waals surface area contributed by atoms with Crippen molar-refractivity contribution < 1.29 is 9.59 Å². The molecule has 2 atom stereocenters. The van der Waals surface area contributed by atoms with Gasteiger partial charge in [-0.2, -0.15) is 0 Å². The lowest BCUT2D eigenvalue weighted by Crippen LogP contribution is -2.47. The normalized spacial score (nSPS) is 30.4. The largest absolute Gasteiger partial charge is 0.356 e. The van der Waals surface area contributed by atoms with E-state index in [0.717, 1.165) is 32.1 Å². The van der Waals surface area contributed by atoms with Crippen LogP contribution in [-0.4, -0.2) is 24.9 Å². The molecule has 14 heavy (non-hydrogen) atoms. The van der Waals surface area contributed by atoms with Gasteiger partial charge in [-0.3, -0.25) is 9.59 Å². The van der Waals surface area contributed by atoms with Crippen molar-refractivity contribution in [2.24, 2.45) is 5.41 Å². The van der Waals surface area contributed by atoms with Crippen LogP contribution in [0.3, 0.4) is 0 Å². The highest BCUT2D eigenvalue weighted by Gasteiger charge is 2.33. The zero-order valence-corrected chi connectivity index (χ0v) is 8.75. The van der Waals surface area contributed by atoms with Gasteiger partial charge in [0.15, 0.2) is 0 Å². The van der Waals surface area contributed by atoms with Crippen LogP contribution in [-0.2, 0) is 9.59 Å². The average Bonchev–Trinajstić information content (AvgIpc) is 2.01. The van der Waals surface area contributed by atoms with Crippen molar-refractivity contribution >= 4 is 12.8 Å². The van der Waals surface area contributed by atoms with Gasteiger partial charge in [0.1, 0.15) is 0 Å². The Labute approximate surface area is 84.4 Å². The predicted octanol–water partition coefficient (Wildman–Crippen LogP) is 0.426. The Bertz CT molecular complexity index is 196. The minimum atomic E-state index is 0.180. The van der Waals surface area contributed by atoms with E-state index >= 15 is 0 Å². The fraction of sp³-hybridized carbons (Fsp3) is 0.800. The van der Waals surface area contributed by atoms with Crippen LogP contribution in [0.5, 0.6) is 0 Å². The lowest BCUT2D eigenvalue weighted by Gasteiger charge is -2.39. The van der Waals surface area contributed by atoms with Crippen LogP contribution in [0.2, 0.25) is 0 Å². The molecule has 1 fully saturated rings. The fourth-order valence-electron chi connectivity index (χ4n) is 2.37. The summed E-state index contributed by atoms with van der Waals surface area (Å²) in [6.07, 6.45) is 4.26. The van der Waals surface area contributed by atoms with Gasteiger partial charge in [-0.05, 0) is 24.7 Å². The molecule has 1 aliphatic rings. The van der Waals surface area contributed by atoms with E-state index in [-0.39, 0.29) is 17.5 Å². The molecule has 0 radical (unpaired) electrons. The molecule has 2 unspecified atom stereocenters. The lowest BCUT2D eigenvalue weighted by molar-refractivity contribution is -0.110. The zero-order valence-electron chi connectivity index (χ0n) is 8.75. The van der Waals surface area contributed by atoms with Crippen LogP contribution in [0.1, 0.15) is 33.1 Å². The first-order valence-corrected chi connectivity index (χ1v) is 4.97. The van der Waals surface area contributed by atoms with Gasteiger partial charge < -0.3 is 10.6 Å². The van der Waals surface area contributed by atoms with Gasteiger partial charge in [-0.15, -0.1) is 0 Å². The number of hydrogen-bond acceptors (Lipinski definition) is 2. The summed E-state index contributed by atoms with van der Waals surface area (Å²) in [7, 11) is 0. The van der Waals surface area contributed by atoms with E-state index < -0.39 is 0 Å². The Morgan fingerprint density at radius 2 is 1.50 bits per heavy atom. The van der Waals surface area contributed by atoms with Crippen LogP contribution in [0.25, 0.3) is 0 Å². The molecule has 0 heterocycles. The molecule has 1 saturated carbocycles. The first-order chi connectivity index (χ1) is 6.57. The smallest absolute Gasteiger partial charge is 0.207 e. The van der Waals surface area contributed by atoms with E-state index in [2.05, 4.69) is 24.5 Å². The minimum Gasteiger partial charge on any atom is -0.356 e. The number of carbonyl (C=O) groups excluding carboxylic acids is 2. The van der Waals surface area contributed by atoms with Crippen LogP contribution in [0, 0.1) is 5.41 Å². The lowest BCUT2D eigenvalue weighted by atomic mass is 9.73. The van der Waals surface area contributed by atoms with Crippen molar-refractivity contribution in [2.45, 2.75) is 45.2 Å². The zero-order chi connectivity index (χ0) is 10.6. The van der Waals surface area contributed by atoms with Crippen molar-refractivity contribution in [1.82, 2.24) is 10.6 Å². The highest BCUT2D eigenvalue weighted by atomic mass is 16.1. The van der Waals surface area contributed by atoms with Crippen molar-refractivity contribution in [2.75, 3.05) is 0 Å². The number of rotatable bonds is 4. The summed E-state index contributed by atoms with van der Waals surface area (Å²) >= 11 is 0. The Morgan fingerprint density at radius 3 is 1.86 bits per heavy atom. The molecule has 1 aliphatic carbocycles. The van der Waals surface area contributed by atoms with Gasteiger partial charge in [0.05, 0.1) is 0 Å². The van der Waals surface area contributed by atoms with Crippen molar-refractivity contribution in [3.05, 3.63) is 0 Å². The van der Waals surface area contributed by atoms with Gasteiger partial charge >= 0.3 is 0 Å². The maximum atomic E-state index is 10.3. The van der Waals surface area contributed by atoms with Gasteiger partial charge in [0, 0.05) is 12.1 Å². The molecule has 0 aromatic rings. The Kier molecular flexibility index (Phi) is 3.49. The summed E-state index contributed by atoms with van der Waals surface area (Å²) in [5.41, 5.74) is 0.180. The third-order valence-electron chi connectivity index (χ3n) is 2.77. The predicted molar refractivity (Wildman–Crippen MR) is 53.6 cm³/mol. The van der Waals surface area contributed by atoms with E-state index in [1.54, 1.807) is 0 Å². The number of amides is 2. The SMILES string of the molecule is CC1(C)CC(NC=O)CC(NC=O)C1. The summed E-state index contributed by atoms with van der Waals surface area (Å²) in [4.78, 5) is 20.7. The number of nitrogens with one attached hydrogen (secondary N) is 2. The summed E-state index contributed by atoms with van der Waals surface area (Å²) in [5.74, 6) is 0. The Balaban J connectivity index is 2.56. The molecular formula is C10H18N2O2. The standard InChI is InChI=1S/C10H18N2O2/c1-10(2)4-8(11-6-13)3-9(5-10)12-7-14/h6-9H,3-5H2,1-2H3,(H,11,13)(H,12,14). The molecule has 0 aliphatic heterocycles. The summed E-state index contributed by atoms with van der Waals surface area (Å²) in [5, 5.41) is 5.58. The molecular weight excluding hydrogens is 180 g/mol. The van der Waals surface area contributed by atoms with E-state index in [1.165, 1.54) is 0 Å². The van der Waals surface area contributed by atoms with Crippen LogP contribution in [0.15, 0.2) is 0 Å². The minimum absolute atomic E-state index is 0.180. The van der Waals surface area contributed by atoms with E-state index in [0.29, 0.717) is 0 Å². The van der Waals surface area contributed by atoms with E-state index in [9.17, 15) is 9.59 Å². The third-order valence-corrected chi connectivity index (χ3v) is 2.77. The van der Waals surface area contributed by atoms with E-state index in [1.807, 2.05) is 0 Å². The first kappa shape index (κ1) is 11.0. The molecule has 80 valence electrons. The molecule has 0 spiro atoms.